The molecular weight excluding hydrogens is 212 g/mol. The molecule has 2 aliphatic rings. The predicted molar refractivity (Wildman–Crippen MR) is 67.5 cm³/mol. The van der Waals surface area contributed by atoms with Gasteiger partial charge in [-0.05, 0) is 13.0 Å². The smallest absolute Gasteiger partial charge is 0.0170 e. The van der Waals surface area contributed by atoms with Gasteiger partial charge >= 0.3 is 0 Å². The van der Waals surface area contributed by atoms with Crippen molar-refractivity contribution in [2.75, 3.05) is 49.2 Å². The van der Waals surface area contributed by atoms with E-state index in [0.29, 0.717) is 0 Å². The van der Waals surface area contributed by atoms with E-state index in [1.54, 1.807) is 0 Å². The van der Waals surface area contributed by atoms with Gasteiger partial charge in [-0.1, -0.05) is 0 Å². The molecule has 0 amide bonds. The summed E-state index contributed by atoms with van der Waals surface area (Å²) in [5, 5.41) is 3.61. The molecule has 2 aliphatic heterocycles. The lowest BCUT2D eigenvalue weighted by atomic mass is 10.2. The highest BCUT2D eigenvalue weighted by molar-refractivity contribution is 7.99. The molecule has 4 heteroatoms. The van der Waals surface area contributed by atoms with Gasteiger partial charge in [0.25, 0.3) is 0 Å². The van der Waals surface area contributed by atoms with Crippen molar-refractivity contribution in [2.45, 2.75) is 12.5 Å². The van der Waals surface area contributed by atoms with Crippen LogP contribution in [0.5, 0.6) is 0 Å². The molecule has 1 unspecified atom stereocenters. The third kappa shape index (κ3) is 3.65. The van der Waals surface area contributed by atoms with Crippen LogP contribution >= 0.6 is 23.5 Å². The van der Waals surface area contributed by atoms with E-state index in [9.17, 15) is 0 Å². The van der Waals surface area contributed by atoms with Crippen LogP contribution in [0.3, 0.4) is 0 Å². The highest BCUT2D eigenvalue weighted by Gasteiger charge is 2.15. The second-order valence-corrected chi connectivity index (χ2v) is 6.34. The number of nitrogens with zero attached hydrogens (tertiary/aromatic N) is 1. The van der Waals surface area contributed by atoms with Crippen LogP contribution in [-0.2, 0) is 0 Å². The van der Waals surface area contributed by atoms with Crippen molar-refractivity contribution < 1.29 is 0 Å². The Bertz CT molecular complexity index is 136. The Balaban J connectivity index is 1.60. The molecule has 0 radical (unpaired) electrons. The minimum Gasteiger partial charge on any atom is -0.312 e. The fraction of sp³-hybridized carbons (Fsp3) is 1.00. The molecule has 1 N–H and O–H groups in total. The molecule has 2 nitrogen and oxygen atoms in total. The van der Waals surface area contributed by atoms with Crippen LogP contribution in [0.1, 0.15) is 6.42 Å². The summed E-state index contributed by atoms with van der Waals surface area (Å²) < 4.78 is 0. The number of hydrogen-bond donors (Lipinski definition) is 1. The maximum Gasteiger partial charge on any atom is 0.0170 e. The average molecular weight is 232 g/mol. The Morgan fingerprint density at radius 2 is 2.00 bits per heavy atom. The molecule has 2 rings (SSSR count). The fourth-order valence-electron chi connectivity index (χ4n) is 1.97. The molecule has 0 aliphatic carbocycles. The molecular formula is C10H20N2S2. The first-order valence-corrected chi connectivity index (χ1v) is 7.87. The second-order valence-electron chi connectivity index (χ2n) is 3.97. The van der Waals surface area contributed by atoms with Gasteiger partial charge in [0.2, 0.25) is 0 Å². The van der Waals surface area contributed by atoms with Gasteiger partial charge in [0.05, 0.1) is 0 Å². The van der Waals surface area contributed by atoms with E-state index in [2.05, 4.69) is 33.7 Å². The van der Waals surface area contributed by atoms with Crippen molar-refractivity contribution in [3.63, 3.8) is 0 Å². The molecule has 0 aromatic heterocycles. The largest absolute Gasteiger partial charge is 0.312 e. The minimum absolute atomic E-state index is 0.781. The quantitative estimate of drug-likeness (QED) is 0.784. The predicted octanol–water partition coefficient (Wildman–Crippen LogP) is 1.13. The van der Waals surface area contributed by atoms with Gasteiger partial charge in [-0.2, -0.15) is 23.5 Å². The Morgan fingerprint density at radius 3 is 2.71 bits per heavy atom. The Morgan fingerprint density at radius 1 is 1.14 bits per heavy atom. The van der Waals surface area contributed by atoms with E-state index < -0.39 is 0 Å². The van der Waals surface area contributed by atoms with E-state index in [4.69, 9.17) is 0 Å². The van der Waals surface area contributed by atoms with Gasteiger partial charge in [-0.3, -0.25) is 0 Å². The summed E-state index contributed by atoms with van der Waals surface area (Å²) >= 11 is 4.20. The molecule has 0 saturated carbocycles. The summed E-state index contributed by atoms with van der Waals surface area (Å²) in [5.74, 6) is 5.30. The molecule has 82 valence electrons. The number of thioether (sulfide) groups is 2. The van der Waals surface area contributed by atoms with Crippen LogP contribution in [0.4, 0.5) is 0 Å². The molecule has 0 bridgehead atoms. The first-order chi connectivity index (χ1) is 6.95. The van der Waals surface area contributed by atoms with Crippen molar-refractivity contribution in [1.29, 1.82) is 0 Å². The topological polar surface area (TPSA) is 15.3 Å². The zero-order valence-corrected chi connectivity index (χ0v) is 10.3. The van der Waals surface area contributed by atoms with Crippen LogP contribution in [0, 0.1) is 0 Å². The van der Waals surface area contributed by atoms with Gasteiger partial charge in [0, 0.05) is 48.7 Å². The Hall–Kier alpha value is 0.620. The summed E-state index contributed by atoms with van der Waals surface area (Å²) in [6.45, 7) is 5.14. The maximum atomic E-state index is 3.61. The Kier molecular flexibility index (Phi) is 4.97. The normalized spacial score (nSPS) is 30.4. The number of hydrogen-bond acceptors (Lipinski definition) is 4. The summed E-state index contributed by atoms with van der Waals surface area (Å²) in [6, 6.07) is 0.781. The first kappa shape index (κ1) is 11.1. The van der Waals surface area contributed by atoms with Gasteiger partial charge in [-0.25, -0.2) is 0 Å². The monoisotopic (exact) mass is 232 g/mol. The maximum absolute atomic E-state index is 3.61. The molecule has 0 aromatic rings. The SMILES string of the molecule is C1CSCC(CCN2CCSCC2)N1. The molecule has 2 heterocycles. The van der Waals surface area contributed by atoms with Crippen molar-refractivity contribution in [2.24, 2.45) is 0 Å². The molecule has 2 saturated heterocycles. The summed E-state index contributed by atoms with van der Waals surface area (Å²) in [6.07, 6.45) is 1.34. The molecule has 1 atom stereocenters. The van der Waals surface area contributed by atoms with Crippen LogP contribution in [-0.4, -0.2) is 60.1 Å². The molecule has 2 fully saturated rings. The van der Waals surface area contributed by atoms with E-state index in [0.717, 1.165) is 6.04 Å². The standard InChI is InChI=1S/C10H20N2S2/c1(10-9-14-6-2-11-10)3-12-4-7-13-8-5-12/h10-11H,1-9H2. The average Bonchev–Trinajstić information content (AvgIpc) is 2.29. The van der Waals surface area contributed by atoms with Crippen molar-refractivity contribution in [3.8, 4) is 0 Å². The summed E-state index contributed by atoms with van der Waals surface area (Å²) in [7, 11) is 0. The third-order valence-electron chi connectivity index (χ3n) is 2.90. The zero-order valence-electron chi connectivity index (χ0n) is 8.71. The van der Waals surface area contributed by atoms with E-state index in [-0.39, 0.29) is 0 Å². The lowest BCUT2D eigenvalue weighted by Crippen LogP contribution is -2.41. The van der Waals surface area contributed by atoms with Crippen LogP contribution in [0.15, 0.2) is 0 Å². The van der Waals surface area contributed by atoms with Crippen molar-refractivity contribution in [3.05, 3.63) is 0 Å². The molecule has 0 aromatic carbocycles. The summed E-state index contributed by atoms with van der Waals surface area (Å²) in [4.78, 5) is 2.62. The van der Waals surface area contributed by atoms with E-state index in [1.807, 2.05) is 0 Å². The van der Waals surface area contributed by atoms with Gasteiger partial charge in [-0.15, -0.1) is 0 Å². The summed E-state index contributed by atoms with van der Waals surface area (Å²) in [5.41, 5.74) is 0. The van der Waals surface area contributed by atoms with E-state index >= 15 is 0 Å². The van der Waals surface area contributed by atoms with Gasteiger partial charge in [0.15, 0.2) is 0 Å². The van der Waals surface area contributed by atoms with Crippen LogP contribution in [0.25, 0.3) is 0 Å². The highest BCUT2D eigenvalue weighted by atomic mass is 32.2. The van der Waals surface area contributed by atoms with Crippen LogP contribution in [0.2, 0.25) is 0 Å². The first-order valence-electron chi connectivity index (χ1n) is 5.56. The lowest BCUT2D eigenvalue weighted by molar-refractivity contribution is 0.284. The molecule has 0 spiro atoms. The molecule has 14 heavy (non-hydrogen) atoms. The van der Waals surface area contributed by atoms with Crippen molar-refractivity contribution in [1.82, 2.24) is 10.2 Å². The number of rotatable bonds is 3. The number of nitrogens with one attached hydrogen (secondary N) is 1. The fourth-order valence-corrected chi connectivity index (χ4v) is 3.94. The lowest BCUT2D eigenvalue weighted by Gasteiger charge is -2.29. The third-order valence-corrected chi connectivity index (χ3v) is 4.97. The van der Waals surface area contributed by atoms with Crippen LogP contribution < -0.4 is 5.32 Å². The highest BCUT2D eigenvalue weighted by Crippen LogP contribution is 2.13. The van der Waals surface area contributed by atoms with Gasteiger partial charge < -0.3 is 10.2 Å². The van der Waals surface area contributed by atoms with E-state index in [1.165, 1.54) is 55.6 Å². The van der Waals surface area contributed by atoms with Gasteiger partial charge in [0.1, 0.15) is 0 Å². The second kappa shape index (κ2) is 6.26. The zero-order chi connectivity index (χ0) is 9.64. The minimum atomic E-state index is 0.781. The van der Waals surface area contributed by atoms with Crippen molar-refractivity contribution >= 4 is 23.5 Å². The Labute approximate surface area is 95.6 Å².